The molecule has 1 aromatic rings. The average Bonchev–Trinajstić information content (AvgIpc) is 2.24. The molecule has 20 heavy (non-hydrogen) atoms. The van der Waals surface area contributed by atoms with Crippen LogP contribution in [0.1, 0.15) is 20.8 Å². The van der Waals surface area contributed by atoms with Crippen molar-refractivity contribution in [2.75, 3.05) is 18.8 Å². The van der Waals surface area contributed by atoms with Crippen molar-refractivity contribution in [3.8, 4) is 5.75 Å². The second kappa shape index (κ2) is 5.19. The molecule has 1 amide bonds. The third kappa shape index (κ3) is 3.53. The molecule has 1 aliphatic rings. The SMILES string of the molecule is CC(C)(C)OC(=O)N1CC(Oc2cc(F)ccc2N)C1. The first kappa shape index (κ1) is 14.4. The summed E-state index contributed by atoms with van der Waals surface area (Å²) in [7, 11) is 0. The van der Waals surface area contributed by atoms with E-state index in [1.165, 1.54) is 23.1 Å². The summed E-state index contributed by atoms with van der Waals surface area (Å²) in [5, 5.41) is 0. The van der Waals surface area contributed by atoms with Crippen LogP contribution in [-0.4, -0.2) is 35.8 Å². The highest BCUT2D eigenvalue weighted by Crippen LogP contribution is 2.26. The van der Waals surface area contributed by atoms with Crippen molar-refractivity contribution in [1.82, 2.24) is 4.90 Å². The number of likely N-dealkylation sites (tertiary alicyclic amines) is 1. The second-order valence-corrected chi connectivity index (χ2v) is 5.81. The summed E-state index contributed by atoms with van der Waals surface area (Å²) in [6.07, 6.45) is -0.559. The Hall–Kier alpha value is -1.98. The van der Waals surface area contributed by atoms with Crippen molar-refractivity contribution in [3.63, 3.8) is 0 Å². The zero-order valence-corrected chi connectivity index (χ0v) is 11.9. The predicted octanol–water partition coefficient (Wildman–Crippen LogP) is 2.41. The number of carbonyl (C=O) groups is 1. The summed E-state index contributed by atoms with van der Waals surface area (Å²) in [5.74, 6) is -0.101. The standard InChI is InChI=1S/C14H19FN2O3/c1-14(2,3)20-13(18)17-7-10(8-17)19-12-6-9(15)4-5-11(12)16/h4-6,10H,7-8,16H2,1-3H3. The topological polar surface area (TPSA) is 64.8 Å². The number of halogens is 1. The first-order valence-electron chi connectivity index (χ1n) is 6.44. The van der Waals surface area contributed by atoms with Gasteiger partial charge in [-0.2, -0.15) is 0 Å². The number of ether oxygens (including phenoxy) is 2. The second-order valence-electron chi connectivity index (χ2n) is 5.81. The van der Waals surface area contributed by atoms with Gasteiger partial charge in [0.2, 0.25) is 0 Å². The van der Waals surface area contributed by atoms with Gasteiger partial charge in [0.15, 0.2) is 0 Å². The lowest BCUT2D eigenvalue weighted by Gasteiger charge is -2.39. The number of anilines is 1. The Morgan fingerprint density at radius 2 is 2.05 bits per heavy atom. The maximum absolute atomic E-state index is 13.1. The molecule has 5 nitrogen and oxygen atoms in total. The molecule has 0 unspecified atom stereocenters. The van der Waals surface area contributed by atoms with E-state index in [1.54, 1.807) is 0 Å². The fourth-order valence-corrected chi connectivity index (χ4v) is 1.78. The van der Waals surface area contributed by atoms with E-state index in [0.29, 0.717) is 24.5 Å². The van der Waals surface area contributed by atoms with Crippen molar-refractivity contribution in [1.29, 1.82) is 0 Å². The van der Waals surface area contributed by atoms with Crippen LogP contribution in [0.3, 0.4) is 0 Å². The first-order chi connectivity index (χ1) is 9.24. The van der Waals surface area contributed by atoms with E-state index in [0.717, 1.165) is 0 Å². The molecule has 1 heterocycles. The van der Waals surface area contributed by atoms with Gasteiger partial charge in [0.1, 0.15) is 23.3 Å². The van der Waals surface area contributed by atoms with Gasteiger partial charge in [-0.3, -0.25) is 0 Å². The number of nitrogens with zero attached hydrogens (tertiary/aromatic N) is 1. The van der Waals surface area contributed by atoms with Gasteiger partial charge in [-0.05, 0) is 32.9 Å². The van der Waals surface area contributed by atoms with Gasteiger partial charge in [0.25, 0.3) is 0 Å². The van der Waals surface area contributed by atoms with E-state index in [9.17, 15) is 9.18 Å². The van der Waals surface area contributed by atoms with Crippen LogP contribution in [0.5, 0.6) is 5.75 Å². The van der Waals surface area contributed by atoms with Crippen LogP contribution < -0.4 is 10.5 Å². The minimum atomic E-state index is -0.518. The summed E-state index contributed by atoms with van der Waals surface area (Å²) in [6.45, 7) is 6.25. The number of hydrogen-bond donors (Lipinski definition) is 1. The molecule has 1 aliphatic heterocycles. The van der Waals surface area contributed by atoms with Crippen LogP contribution in [0.4, 0.5) is 14.9 Å². The van der Waals surface area contributed by atoms with Crippen LogP contribution in [-0.2, 0) is 4.74 Å². The molecule has 0 saturated carbocycles. The minimum Gasteiger partial charge on any atom is -0.484 e. The summed E-state index contributed by atoms with van der Waals surface area (Å²) >= 11 is 0. The van der Waals surface area contributed by atoms with Crippen molar-refractivity contribution in [2.24, 2.45) is 0 Å². The number of carbonyl (C=O) groups excluding carboxylic acids is 1. The monoisotopic (exact) mass is 282 g/mol. The molecule has 0 atom stereocenters. The molecule has 1 aromatic carbocycles. The van der Waals surface area contributed by atoms with E-state index in [4.69, 9.17) is 15.2 Å². The number of hydrogen-bond acceptors (Lipinski definition) is 4. The molecule has 6 heteroatoms. The lowest BCUT2D eigenvalue weighted by atomic mass is 10.1. The van der Waals surface area contributed by atoms with Gasteiger partial charge in [-0.1, -0.05) is 0 Å². The Morgan fingerprint density at radius 1 is 1.40 bits per heavy atom. The van der Waals surface area contributed by atoms with E-state index in [2.05, 4.69) is 0 Å². The van der Waals surface area contributed by atoms with Crippen LogP contribution in [0.2, 0.25) is 0 Å². The summed E-state index contributed by atoms with van der Waals surface area (Å²) in [6, 6.07) is 3.97. The Bertz CT molecular complexity index is 508. The quantitative estimate of drug-likeness (QED) is 0.846. The van der Waals surface area contributed by atoms with Gasteiger partial charge < -0.3 is 20.1 Å². The largest absolute Gasteiger partial charge is 0.484 e. The van der Waals surface area contributed by atoms with Crippen LogP contribution in [0.25, 0.3) is 0 Å². The van der Waals surface area contributed by atoms with Crippen LogP contribution in [0.15, 0.2) is 18.2 Å². The van der Waals surface area contributed by atoms with E-state index < -0.39 is 11.4 Å². The molecule has 0 spiro atoms. The number of nitrogens with two attached hydrogens (primary N) is 1. The van der Waals surface area contributed by atoms with Crippen molar-refractivity contribution >= 4 is 11.8 Å². The Balaban J connectivity index is 1.85. The molecule has 110 valence electrons. The van der Waals surface area contributed by atoms with Gasteiger partial charge >= 0.3 is 6.09 Å². The van der Waals surface area contributed by atoms with Crippen molar-refractivity contribution in [2.45, 2.75) is 32.5 Å². The summed E-state index contributed by atoms with van der Waals surface area (Å²) < 4.78 is 23.9. The lowest BCUT2D eigenvalue weighted by molar-refractivity contribution is -0.0220. The van der Waals surface area contributed by atoms with E-state index in [-0.39, 0.29) is 12.2 Å². The molecule has 0 aliphatic carbocycles. The Labute approximate surface area is 117 Å². The predicted molar refractivity (Wildman–Crippen MR) is 73.0 cm³/mol. The molecule has 0 aromatic heterocycles. The number of amides is 1. The van der Waals surface area contributed by atoms with Crippen molar-refractivity contribution < 1.29 is 18.7 Å². The molecule has 0 radical (unpaired) electrons. The molecule has 0 bridgehead atoms. The van der Waals surface area contributed by atoms with Gasteiger partial charge in [0, 0.05) is 6.07 Å². The third-order valence-electron chi connectivity index (χ3n) is 2.77. The summed E-state index contributed by atoms with van der Waals surface area (Å²) in [5.41, 5.74) is 5.56. The zero-order valence-electron chi connectivity index (χ0n) is 11.9. The third-order valence-corrected chi connectivity index (χ3v) is 2.77. The molecule has 2 rings (SSSR count). The van der Waals surface area contributed by atoms with E-state index >= 15 is 0 Å². The average molecular weight is 282 g/mol. The number of nitrogen functional groups attached to an aromatic ring is 1. The maximum Gasteiger partial charge on any atom is 0.410 e. The number of rotatable bonds is 2. The maximum atomic E-state index is 13.1. The Kier molecular flexibility index (Phi) is 3.74. The highest BCUT2D eigenvalue weighted by atomic mass is 19.1. The first-order valence-corrected chi connectivity index (χ1v) is 6.44. The molecular formula is C14H19FN2O3. The van der Waals surface area contributed by atoms with Crippen LogP contribution >= 0.6 is 0 Å². The lowest BCUT2D eigenvalue weighted by Crippen LogP contribution is -2.57. The fraction of sp³-hybridized carbons (Fsp3) is 0.500. The highest BCUT2D eigenvalue weighted by Gasteiger charge is 2.35. The normalized spacial score (nSPS) is 15.7. The molecular weight excluding hydrogens is 263 g/mol. The molecule has 1 saturated heterocycles. The zero-order chi connectivity index (χ0) is 14.9. The van der Waals surface area contributed by atoms with Crippen LogP contribution in [0, 0.1) is 5.82 Å². The molecule has 1 fully saturated rings. The Morgan fingerprint density at radius 3 is 2.65 bits per heavy atom. The van der Waals surface area contributed by atoms with Gasteiger partial charge in [-0.15, -0.1) is 0 Å². The smallest absolute Gasteiger partial charge is 0.410 e. The van der Waals surface area contributed by atoms with Gasteiger partial charge in [-0.25, -0.2) is 9.18 Å². The summed E-state index contributed by atoms with van der Waals surface area (Å²) in [4.78, 5) is 13.3. The minimum absolute atomic E-state index is 0.188. The fourth-order valence-electron chi connectivity index (χ4n) is 1.78. The molecule has 2 N–H and O–H groups in total. The van der Waals surface area contributed by atoms with Crippen molar-refractivity contribution in [3.05, 3.63) is 24.0 Å². The number of benzene rings is 1. The highest BCUT2D eigenvalue weighted by molar-refractivity contribution is 5.69. The van der Waals surface area contributed by atoms with E-state index in [1.807, 2.05) is 20.8 Å². The van der Waals surface area contributed by atoms with Gasteiger partial charge in [0.05, 0.1) is 18.8 Å².